The highest BCUT2D eigenvalue weighted by molar-refractivity contribution is 6.70. The summed E-state index contributed by atoms with van der Waals surface area (Å²) in [5.41, 5.74) is 3.87. The molecule has 3 heteroatoms. The van der Waals surface area contributed by atoms with E-state index in [1.807, 2.05) is 0 Å². The van der Waals surface area contributed by atoms with Gasteiger partial charge in [-0.2, -0.15) is 0 Å². The number of hydrogen-bond donors (Lipinski definition) is 0. The third-order valence-corrected chi connectivity index (χ3v) is 8.58. The molecule has 1 aromatic carbocycles. The largest absolute Gasteiger partial charge is 0.544 e. The van der Waals surface area contributed by atoms with Crippen molar-refractivity contribution in [2.75, 3.05) is 0 Å². The summed E-state index contributed by atoms with van der Waals surface area (Å²) in [4.78, 5) is 0. The third kappa shape index (κ3) is 9.59. The molecule has 34 heavy (non-hydrogen) atoms. The molecule has 1 aliphatic rings. The summed E-state index contributed by atoms with van der Waals surface area (Å²) in [6.45, 7) is 23.1. The van der Waals surface area contributed by atoms with Gasteiger partial charge in [0.1, 0.15) is 17.1 Å². The van der Waals surface area contributed by atoms with E-state index < -0.39 is 8.32 Å². The Labute approximate surface area is 213 Å². The molecule has 0 aliphatic carbocycles. The standard InChI is InChI=1S/C31H56O2Si/c1-23(2)14-11-15-24(3)16-12-17-25(4)18-13-20-31(7)21-19-28-27(6)29(33-34(8,9)10)22-26(5)30(28)32-31/h22-25H,11-21H2,1-10H3. The average molecular weight is 489 g/mol. The van der Waals surface area contributed by atoms with Gasteiger partial charge in [-0.1, -0.05) is 72.6 Å². The molecule has 1 aromatic rings. The van der Waals surface area contributed by atoms with Gasteiger partial charge in [0.05, 0.1) is 0 Å². The minimum atomic E-state index is -1.62. The summed E-state index contributed by atoms with van der Waals surface area (Å²) in [5.74, 6) is 4.78. The molecular weight excluding hydrogens is 432 g/mol. The third-order valence-electron chi connectivity index (χ3n) is 7.75. The van der Waals surface area contributed by atoms with E-state index in [9.17, 15) is 0 Å². The van der Waals surface area contributed by atoms with Gasteiger partial charge in [-0.3, -0.25) is 0 Å². The number of fused-ring (bicyclic) bond motifs is 1. The molecule has 1 heterocycles. The van der Waals surface area contributed by atoms with Crippen LogP contribution in [0.15, 0.2) is 6.07 Å². The molecule has 0 amide bonds. The van der Waals surface area contributed by atoms with Crippen LogP contribution in [0.3, 0.4) is 0 Å². The maximum atomic E-state index is 6.72. The smallest absolute Gasteiger partial charge is 0.242 e. The Balaban J connectivity index is 1.79. The van der Waals surface area contributed by atoms with Gasteiger partial charge in [-0.25, -0.2) is 0 Å². The molecule has 0 saturated heterocycles. The van der Waals surface area contributed by atoms with Crippen LogP contribution in [-0.2, 0) is 6.42 Å². The molecule has 1 aliphatic heterocycles. The van der Waals surface area contributed by atoms with Crippen molar-refractivity contribution in [3.05, 3.63) is 22.8 Å². The zero-order valence-electron chi connectivity index (χ0n) is 24.4. The normalized spacial score (nSPS) is 20.1. The summed E-state index contributed by atoms with van der Waals surface area (Å²) < 4.78 is 13.1. The molecule has 2 rings (SSSR count). The topological polar surface area (TPSA) is 18.5 Å². The van der Waals surface area contributed by atoms with Crippen LogP contribution in [0.1, 0.15) is 116 Å². The first-order valence-corrected chi connectivity index (χ1v) is 17.7. The van der Waals surface area contributed by atoms with Crippen molar-refractivity contribution in [1.29, 1.82) is 0 Å². The van der Waals surface area contributed by atoms with Gasteiger partial charge in [0.2, 0.25) is 8.32 Å². The lowest BCUT2D eigenvalue weighted by atomic mass is 9.84. The SMILES string of the molecule is Cc1cc(O[Si](C)(C)C)c(C)c2c1OC(C)(CCCC(C)CCCC(C)CCCC(C)C)CC2. The van der Waals surface area contributed by atoms with E-state index in [1.54, 1.807) is 0 Å². The molecule has 2 nitrogen and oxygen atoms in total. The van der Waals surface area contributed by atoms with Gasteiger partial charge in [0.15, 0.2) is 0 Å². The quantitative estimate of drug-likeness (QED) is 0.242. The van der Waals surface area contributed by atoms with Crippen molar-refractivity contribution in [3.8, 4) is 11.5 Å². The van der Waals surface area contributed by atoms with Gasteiger partial charge < -0.3 is 9.16 Å². The first-order valence-electron chi connectivity index (χ1n) is 14.3. The fourth-order valence-corrected chi connectivity index (χ4v) is 6.34. The van der Waals surface area contributed by atoms with Crippen molar-refractivity contribution in [2.45, 2.75) is 144 Å². The molecule has 0 saturated carbocycles. The van der Waals surface area contributed by atoms with E-state index in [2.05, 4.69) is 74.2 Å². The highest BCUT2D eigenvalue weighted by Crippen LogP contribution is 2.43. The Morgan fingerprint density at radius 3 is 2.03 bits per heavy atom. The molecule has 0 N–H and O–H groups in total. The van der Waals surface area contributed by atoms with Crippen molar-refractivity contribution in [3.63, 3.8) is 0 Å². The molecule has 3 unspecified atom stereocenters. The van der Waals surface area contributed by atoms with Crippen molar-refractivity contribution >= 4 is 8.32 Å². The first-order chi connectivity index (χ1) is 15.8. The molecule has 3 atom stereocenters. The van der Waals surface area contributed by atoms with E-state index in [1.165, 1.54) is 68.1 Å². The van der Waals surface area contributed by atoms with Gasteiger partial charge in [0.25, 0.3) is 0 Å². The highest BCUT2D eigenvalue weighted by Gasteiger charge is 2.34. The molecule has 0 bridgehead atoms. The highest BCUT2D eigenvalue weighted by atomic mass is 28.4. The van der Waals surface area contributed by atoms with Gasteiger partial charge in [-0.15, -0.1) is 0 Å². The number of rotatable bonds is 14. The molecule has 0 fully saturated rings. The molecule has 0 radical (unpaired) electrons. The first kappa shape index (κ1) is 29.3. The van der Waals surface area contributed by atoms with Crippen molar-refractivity contribution in [1.82, 2.24) is 0 Å². The number of aryl methyl sites for hydroxylation is 1. The summed E-state index contributed by atoms with van der Waals surface area (Å²) in [6, 6.07) is 2.21. The second-order valence-electron chi connectivity index (χ2n) is 13.2. The lowest BCUT2D eigenvalue weighted by Crippen LogP contribution is -2.37. The van der Waals surface area contributed by atoms with Crippen LogP contribution < -0.4 is 9.16 Å². The Morgan fingerprint density at radius 1 is 0.912 bits per heavy atom. The second kappa shape index (κ2) is 12.8. The summed E-state index contributed by atoms with van der Waals surface area (Å²) >= 11 is 0. The fraction of sp³-hybridized carbons (Fsp3) is 0.806. The predicted molar refractivity (Wildman–Crippen MR) is 152 cm³/mol. The van der Waals surface area contributed by atoms with Crippen molar-refractivity contribution < 1.29 is 9.16 Å². The van der Waals surface area contributed by atoms with Crippen LogP contribution in [0.5, 0.6) is 11.5 Å². The number of hydrogen-bond acceptors (Lipinski definition) is 2. The van der Waals surface area contributed by atoms with Crippen LogP contribution >= 0.6 is 0 Å². The van der Waals surface area contributed by atoms with Crippen LogP contribution in [0.2, 0.25) is 19.6 Å². The second-order valence-corrected chi connectivity index (χ2v) is 17.7. The van der Waals surface area contributed by atoms with Crippen LogP contribution in [-0.4, -0.2) is 13.9 Å². The number of benzene rings is 1. The zero-order valence-corrected chi connectivity index (χ0v) is 25.4. The van der Waals surface area contributed by atoms with Crippen LogP contribution in [0.4, 0.5) is 0 Å². The van der Waals surface area contributed by atoms with Crippen molar-refractivity contribution in [2.24, 2.45) is 17.8 Å². The Kier molecular flexibility index (Phi) is 11.0. The Morgan fingerprint density at radius 2 is 1.47 bits per heavy atom. The maximum Gasteiger partial charge on any atom is 0.242 e. The lowest BCUT2D eigenvalue weighted by Gasteiger charge is -2.38. The number of ether oxygens (including phenoxy) is 1. The Hall–Kier alpha value is -0.963. The van der Waals surface area contributed by atoms with E-state index >= 15 is 0 Å². The minimum Gasteiger partial charge on any atom is -0.544 e. The fourth-order valence-electron chi connectivity index (χ4n) is 5.47. The predicted octanol–water partition coefficient (Wildman–Crippen LogP) is 10.0. The summed E-state index contributed by atoms with van der Waals surface area (Å²) in [5, 5.41) is 0. The minimum absolute atomic E-state index is 0.0317. The van der Waals surface area contributed by atoms with E-state index in [4.69, 9.17) is 9.16 Å². The summed E-state index contributed by atoms with van der Waals surface area (Å²) in [7, 11) is -1.62. The van der Waals surface area contributed by atoms with E-state index in [0.29, 0.717) is 0 Å². The van der Waals surface area contributed by atoms with E-state index in [0.717, 1.165) is 48.5 Å². The van der Waals surface area contributed by atoms with E-state index in [-0.39, 0.29) is 5.60 Å². The monoisotopic (exact) mass is 488 g/mol. The van der Waals surface area contributed by atoms with Gasteiger partial charge in [0, 0.05) is 5.56 Å². The molecular formula is C31H56O2Si. The van der Waals surface area contributed by atoms with Gasteiger partial charge >= 0.3 is 0 Å². The average Bonchev–Trinajstić information content (AvgIpc) is 2.70. The summed E-state index contributed by atoms with van der Waals surface area (Å²) in [6.07, 6.45) is 14.4. The maximum absolute atomic E-state index is 6.72. The van der Waals surface area contributed by atoms with Crippen LogP contribution in [0, 0.1) is 31.6 Å². The molecule has 0 aromatic heterocycles. The lowest BCUT2D eigenvalue weighted by molar-refractivity contribution is 0.0513. The molecule has 0 spiro atoms. The van der Waals surface area contributed by atoms with Gasteiger partial charge in [-0.05, 0) is 101 Å². The van der Waals surface area contributed by atoms with Crippen LogP contribution in [0.25, 0.3) is 0 Å². The zero-order chi connectivity index (χ0) is 25.5. The molecule has 196 valence electrons. The Bertz CT molecular complexity index is 764.